The number of fused-ring (bicyclic) bond motifs is 1. The third-order valence-corrected chi connectivity index (χ3v) is 5.57. The van der Waals surface area contributed by atoms with Gasteiger partial charge in [0.2, 0.25) is 0 Å². The fraction of sp³-hybridized carbons (Fsp3) is 0.167. The number of halogens is 1. The molecular formula is C24H20FN3O6S. The molecule has 2 aromatic heterocycles. The SMILES string of the molecule is CCOC(=O)Nc1ccc2c(COC(=O)c3cnc(SC)n3-c3ccc(F)cc3)cc(=O)oc2c1. The summed E-state index contributed by atoms with van der Waals surface area (Å²) in [7, 11) is 0. The lowest BCUT2D eigenvalue weighted by molar-refractivity contribution is 0.0463. The third kappa shape index (κ3) is 5.35. The highest BCUT2D eigenvalue weighted by Gasteiger charge is 2.20. The number of imidazole rings is 1. The van der Waals surface area contributed by atoms with Crippen LogP contribution in [0.2, 0.25) is 0 Å². The summed E-state index contributed by atoms with van der Waals surface area (Å²) in [6.45, 7) is 1.68. The number of hydrogen-bond donors (Lipinski definition) is 1. The lowest BCUT2D eigenvalue weighted by Gasteiger charge is -2.12. The van der Waals surface area contributed by atoms with Crippen molar-refractivity contribution >= 4 is 40.5 Å². The summed E-state index contributed by atoms with van der Waals surface area (Å²) in [5.74, 6) is -1.08. The van der Waals surface area contributed by atoms with E-state index in [1.807, 2.05) is 0 Å². The van der Waals surface area contributed by atoms with Gasteiger partial charge in [-0.3, -0.25) is 9.88 Å². The Kier molecular flexibility index (Phi) is 7.16. The van der Waals surface area contributed by atoms with Crippen molar-refractivity contribution in [2.75, 3.05) is 18.2 Å². The number of amides is 1. The van der Waals surface area contributed by atoms with E-state index in [4.69, 9.17) is 13.9 Å². The molecule has 0 aliphatic heterocycles. The Labute approximate surface area is 202 Å². The van der Waals surface area contributed by atoms with E-state index in [1.165, 1.54) is 54.4 Å². The van der Waals surface area contributed by atoms with Crippen LogP contribution in [0, 0.1) is 5.82 Å². The Bertz CT molecular complexity index is 1450. The molecule has 0 aliphatic rings. The standard InChI is InChI=1S/C24H20FN3O6S/c1-3-32-24(31)27-16-6-9-18-14(10-21(29)34-20(18)11-16)13-33-22(30)19-12-26-23(35-2)28(19)17-7-4-15(25)5-8-17/h4-12H,3,13H2,1-2H3,(H,27,31). The normalized spacial score (nSPS) is 10.8. The maximum Gasteiger partial charge on any atom is 0.411 e. The maximum atomic E-state index is 13.4. The molecule has 0 saturated heterocycles. The number of hydrogen-bond acceptors (Lipinski definition) is 8. The van der Waals surface area contributed by atoms with Gasteiger partial charge in [0.25, 0.3) is 0 Å². The topological polar surface area (TPSA) is 113 Å². The lowest BCUT2D eigenvalue weighted by atomic mass is 10.1. The van der Waals surface area contributed by atoms with Crippen LogP contribution in [-0.2, 0) is 16.1 Å². The molecule has 0 radical (unpaired) electrons. The quantitative estimate of drug-likeness (QED) is 0.221. The van der Waals surface area contributed by atoms with E-state index in [9.17, 15) is 18.8 Å². The summed E-state index contributed by atoms with van der Waals surface area (Å²) < 4.78 is 30.5. The molecule has 0 saturated carbocycles. The number of ether oxygens (including phenoxy) is 2. The third-order valence-electron chi connectivity index (χ3n) is 4.92. The molecule has 1 N–H and O–H groups in total. The van der Waals surface area contributed by atoms with Crippen molar-refractivity contribution in [3.8, 4) is 5.69 Å². The average molecular weight is 498 g/mol. The Morgan fingerprint density at radius 1 is 1.14 bits per heavy atom. The maximum absolute atomic E-state index is 13.4. The monoisotopic (exact) mass is 497 g/mol. The number of benzene rings is 2. The predicted molar refractivity (Wildman–Crippen MR) is 128 cm³/mol. The minimum atomic E-state index is -0.677. The van der Waals surface area contributed by atoms with Gasteiger partial charge in [-0.1, -0.05) is 11.8 Å². The highest BCUT2D eigenvalue weighted by atomic mass is 32.2. The molecule has 1 amide bonds. The van der Waals surface area contributed by atoms with Crippen LogP contribution in [0.15, 0.2) is 69.1 Å². The van der Waals surface area contributed by atoms with Gasteiger partial charge in [0, 0.05) is 34.5 Å². The molecule has 35 heavy (non-hydrogen) atoms. The number of thioether (sulfide) groups is 1. The van der Waals surface area contributed by atoms with E-state index in [0.29, 0.717) is 27.5 Å². The van der Waals surface area contributed by atoms with E-state index in [1.54, 1.807) is 29.9 Å². The summed E-state index contributed by atoms with van der Waals surface area (Å²) in [5, 5.41) is 3.59. The predicted octanol–water partition coefficient (Wildman–Crippen LogP) is 4.77. The molecule has 9 nitrogen and oxygen atoms in total. The van der Waals surface area contributed by atoms with Crippen LogP contribution in [0.1, 0.15) is 23.0 Å². The fourth-order valence-corrected chi connectivity index (χ4v) is 3.94. The van der Waals surface area contributed by atoms with Gasteiger partial charge in [0.05, 0.1) is 12.8 Å². The van der Waals surface area contributed by atoms with Gasteiger partial charge in [0.1, 0.15) is 18.0 Å². The first-order valence-electron chi connectivity index (χ1n) is 10.4. The minimum absolute atomic E-state index is 0.147. The molecule has 180 valence electrons. The molecule has 2 heterocycles. The number of carbonyl (C=O) groups is 2. The molecule has 0 spiro atoms. The zero-order valence-electron chi connectivity index (χ0n) is 18.7. The second-order valence-electron chi connectivity index (χ2n) is 7.17. The van der Waals surface area contributed by atoms with Crippen molar-refractivity contribution in [3.05, 3.63) is 82.2 Å². The molecule has 11 heteroatoms. The van der Waals surface area contributed by atoms with E-state index in [-0.39, 0.29) is 24.5 Å². The summed E-state index contributed by atoms with van der Waals surface area (Å²) in [6.07, 6.45) is 2.54. The van der Waals surface area contributed by atoms with E-state index >= 15 is 0 Å². The molecule has 0 aliphatic carbocycles. The number of nitrogens with one attached hydrogen (secondary N) is 1. The molecule has 0 fully saturated rings. The molecule has 4 aromatic rings. The number of aromatic nitrogens is 2. The largest absolute Gasteiger partial charge is 0.456 e. The zero-order valence-corrected chi connectivity index (χ0v) is 19.6. The van der Waals surface area contributed by atoms with Crippen LogP contribution < -0.4 is 10.9 Å². The molecule has 0 unspecified atom stereocenters. The first-order valence-corrected chi connectivity index (χ1v) is 11.7. The fourth-order valence-electron chi connectivity index (χ4n) is 3.39. The van der Waals surface area contributed by atoms with Crippen LogP contribution in [0.3, 0.4) is 0 Å². The van der Waals surface area contributed by atoms with Gasteiger partial charge in [-0.25, -0.2) is 23.8 Å². The Hall–Kier alpha value is -4.12. The van der Waals surface area contributed by atoms with E-state index in [0.717, 1.165) is 0 Å². The van der Waals surface area contributed by atoms with Crippen LogP contribution in [0.5, 0.6) is 0 Å². The number of anilines is 1. The van der Waals surface area contributed by atoms with Gasteiger partial charge in [-0.05, 0) is 49.6 Å². The van der Waals surface area contributed by atoms with Gasteiger partial charge >= 0.3 is 17.7 Å². The molecule has 4 rings (SSSR count). The highest BCUT2D eigenvalue weighted by molar-refractivity contribution is 7.98. The van der Waals surface area contributed by atoms with Crippen LogP contribution in [0.25, 0.3) is 16.7 Å². The molecule has 0 bridgehead atoms. The second kappa shape index (κ2) is 10.4. The van der Waals surface area contributed by atoms with Crippen molar-refractivity contribution in [2.24, 2.45) is 0 Å². The summed E-state index contributed by atoms with van der Waals surface area (Å²) >= 11 is 1.32. The Morgan fingerprint density at radius 3 is 2.63 bits per heavy atom. The number of nitrogens with zero attached hydrogens (tertiary/aromatic N) is 2. The van der Waals surface area contributed by atoms with Crippen molar-refractivity contribution in [1.29, 1.82) is 0 Å². The van der Waals surface area contributed by atoms with Crippen LogP contribution >= 0.6 is 11.8 Å². The molecule has 0 atom stereocenters. The second-order valence-corrected chi connectivity index (χ2v) is 7.94. The van der Waals surface area contributed by atoms with Crippen molar-refractivity contribution in [1.82, 2.24) is 9.55 Å². The van der Waals surface area contributed by atoms with Crippen LogP contribution in [-0.4, -0.2) is 34.5 Å². The van der Waals surface area contributed by atoms with E-state index < -0.39 is 23.5 Å². The zero-order chi connectivity index (χ0) is 24.9. The molecule has 2 aromatic carbocycles. The summed E-state index contributed by atoms with van der Waals surface area (Å²) in [6, 6.07) is 11.6. The Morgan fingerprint density at radius 2 is 1.91 bits per heavy atom. The number of rotatable bonds is 7. The Balaban J connectivity index is 1.58. The number of esters is 1. The van der Waals surface area contributed by atoms with Gasteiger partial charge in [-0.2, -0.15) is 0 Å². The van der Waals surface area contributed by atoms with Crippen molar-refractivity contribution in [2.45, 2.75) is 18.7 Å². The van der Waals surface area contributed by atoms with E-state index in [2.05, 4.69) is 10.3 Å². The smallest absolute Gasteiger partial charge is 0.411 e. The highest BCUT2D eigenvalue weighted by Crippen LogP contribution is 2.25. The minimum Gasteiger partial charge on any atom is -0.456 e. The number of carbonyl (C=O) groups excluding carboxylic acids is 2. The first kappa shape index (κ1) is 24.0. The molecular weight excluding hydrogens is 477 g/mol. The summed E-state index contributed by atoms with van der Waals surface area (Å²) in [5.41, 5.74) is 1.06. The van der Waals surface area contributed by atoms with Gasteiger partial charge in [0.15, 0.2) is 10.9 Å². The average Bonchev–Trinajstić information content (AvgIpc) is 3.27. The van der Waals surface area contributed by atoms with Gasteiger partial charge in [-0.15, -0.1) is 0 Å². The summed E-state index contributed by atoms with van der Waals surface area (Å²) in [4.78, 5) is 40.9. The van der Waals surface area contributed by atoms with Crippen molar-refractivity contribution in [3.63, 3.8) is 0 Å². The first-order chi connectivity index (χ1) is 16.9. The lowest BCUT2D eigenvalue weighted by Crippen LogP contribution is -2.14. The van der Waals surface area contributed by atoms with Crippen molar-refractivity contribution < 1.29 is 27.9 Å². The van der Waals surface area contributed by atoms with Gasteiger partial charge < -0.3 is 13.9 Å². The van der Waals surface area contributed by atoms with Crippen LogP contribution in [0.4, 0.5) is 14.9 Å².